The maximum atomic E-state index is 12.3. The Morgan fingerprint density at radius 1 is 0.800 bits per heavy atom. The molecule has 1 aromatic rings. The van der Waals surface area contributed by atoms with E-state index < -0.39 is 30.5 Å². The standard InChI is InChI=1S/C19H29F3NO5S2/c1-2-3-4-5-6-7-8-9-10-11-16-28-17-12-14-18(15-13-17)29(24,25)23-30(26,27)19(20,21)22/h12-15H,2-11,16H2,1H3/q-1. The molecule has 0 aliphatic rings. The van der Waals surface area contributed by atoms with E-state index in [-0.39, 0.29) is 0 Å². The molecule has 1 rings (SSSR count). The zero-order chi connectivity index (χ0) is 22.7. The molecule has 0 atom stereocenters. The molecule has 0 heterocycles. The van der Waals surface area contributed by atoms with Crippen LogP contribution < -0.4 is 4.74 Å². The molecule has 0 aromatic heterocycles. The van der Waals surface area contributed by atoms with E-state index in [0.29, 0.717) is 12.4 Å². The topological polar surface area (TPSA) is 91.6 Å². The third-order valence-electron chi connectivity index (χ3n) is 4.38. The van der Waals surface area contributed by atoms with Gasteiger partial charge in [-0.15, -0.1) is 0 Å². The summed E-state index contributed by atoms with van der Waals surface area (Å²) in [5, 5.41) is 0. The average Bonchev–Trinajstić information content (AvgIpc) is 2.65. The van der Waals surface area contributed by atoms with Gasteiger partial charge in [0, 0.05) is 4.90 Å². The second kappa shape index (κ2) is 12.5. The van der Waals surface area contributed by atoms with Crippen LogP contribution in [0.3, 0.4) is 0 Å². The minimum atomic E-state index is -6.14. The molecule has 0 spiro atoms. The van der Waals surface area contributed by atoms with Gasteiger partial charge in [-0.05, 0) is 30.7 Å². The molecule has 174 valence electrons. The summed E-state index contributed by atoms with van der Waals surface area (Å²) >= 11 is 0. The lowest BCUT2D eigenvalue weighted by molar-refractivity contribution is -0.0425. The van der Waals surface area contributed by atoms with Crippen molar-refractivity contribution in [2.75, 3.05) is 6.61 Å². The fourth-order valence-corrected chi connectivity index (χ4v) is 4.90. The van der Waals surface area contributed by atoms with Gasteiger partial charge in [-0.2, -0.15) is 13.2 Å². The summed E-state index contributed by atoms with van der Waals surface area (Å²) in [5.41, 5.74) is -5.78. The van der Waals surface area contributed by atoms with Crippen LogP contribution in [0, 0.1) is 0 Å². The Bertz CT molecular complexity index is 823. The number of ether oxygens (including phenoxy) is 1. The summed E-state index contributed by atoms with van der Waals surface area (Å²) in [6.07, 6.45) is 11.8. The van der Waals surface area contributed by atoms with Gasteiger partial charge in [-0.1, -0.05) is 64.7 Å². The normalized spacial score (nSPS) is 12.8. The SMILES string of the molecule is CCCCCCCCCCCCOc1ccc(S(=O)(=O)[N-]S(=O)(=O)C(F)(F)F)cc1. The van der Waals surface area contributed by atoms with Crippen LogP contribution in [0.5, 0.6) is 5.75 Å². The van der Waals surface area contributed by atoms with Gasteiger partial charge in [-0.25, -0.2) is 16.8 Å². The van der Waals surface area contributed by atoms with E-state index in [1.165, 1.54) is 57.1 Å². The number of halogens is 3. The second-order valence-corrected chi connectivity index (χ2v) is 10.4. The van der Waals surface area contributed by atoms with Gasteiger partial charge in [0.2, 0.25) is 0 Å². The van der Waals surface area contributed by atoms with E-state index in [4.69, 9.17) is 4.74 Å². The number of sulfonamides is 2. The molecule has 0 bridgehead atoms. The molecule has 0 amide bonds. The fraction of sp³-hybridized carbons (Fsp3) is 0.684. The maximum absolute atomic E-state index is 12.3. The van der Waals surface area contributed by atoms with Crippen LogP contribution in [0.4, 0.5) is 13.2 Å². The Kier molecular flexibility index (Phi) is 11.1. The molecule has 0 aliphatic heterocycles. The number of rotatable bonds is 15. The van der Waals surface area contributed by atoms with Crippen molar-refractivity contribution >= 4 is 20.0 Å². The van der Waals surface area contributed by atoms with Crippen molar-refractivity contribution in [3.05, 3.63) is 28.4 Å². The van der Waals surface area contributed by atoms with Crippen molar-refractivity contribution in [1.29, 1.82) is 0 Å². The molecule has 1 aromatic carbocycles. The lowest BCUT2D eigenvalue weighted by Gasteiger charge is -2.22. The second-order valence-electron chi connectivity index (χ2n) is 6.97. The van der Waals surface area contributed by atoms with Gasteiger partial charge in [0.05, 0.1) is 6.61 Å². The summed E-state index contributed by atoms with van der Waals surface area (Å²) in [6.45, 7) is 2.62. The first kappa shape index (κ1) is 26.7. The van der Waals surface area contributed by atoms with E-state index in [2.05, 4.69) is 6.92 Å². The number of hydrogen-bond donors (Lipinski definition) is 0. The highest BCUT2D eigenvalue weighted by molar-refractivity contribution is 8.12. The molecule has 0 N–H and O–H groups in total. The van der Waals surface area contributed by atoms with E-state index in [0.717, 1.165) is 31.4 Å². The Hall–Kier alpha value is -1.33. The monoisotopic (exact) mass is 472 g/mol. The van der Waals surface area contributed by atoms with Gasteiger partial charge in [0.1, 0.15) is 15.8 Å². The Labute approximate surface area is 177 Å². The van der Waals surface area contributed by atoms with E-state index in [1.54, 1.807) is 0 Å². The number of benzene rings is 1. The van der Waals surface area contributed by atoms with Crippen molar-refractivity contribution in [3.8, 4) is 5.75 Å². The molecule has 0 aliphatic carbocycles. The van der Waals surface area contributed by atoms with Crippen molar-refractivity contribution in [2.45, 2.75) is 81.5 Å². The summed E-state index contributed by atoms with van der Waals surface area (Å²) in [5.74, 6) is 0.337. The summed E-state index contributed by atoms with van der Waals surface area (Å²) in [4.78, 5) is -0.665. The Morgan fingerprint density at radius 3 is 1.73 bits per heavy atom. The van der Waals surface area contributed by atoms with Gasteiger partial charge in [-0.3, -0.25) is 0 Å². The number of nitrogens with zero attached hydrogens (tertiary/aromatic N) is 1. The lowest BCUT2D eigenvalue weighted by Crippen LogP contribution is -2.24. The lowest BCUT2D eigenvalue weighted by atomic mass is 10.1. The predicted molar refractivity (Wildman–Crippen MR) is 109 cm³/mol. The minimum Gasteiger partial charge on any atom is -0.494 e. The third kappa shape index (κ3) is 9.65. The summed E-state index contributed by atoms with van der Waals surface area (Å²) in [6, 6.07) is 4.41. The average molecular weight is 473 g/mol. The first-order chi connectivity index (χ1) is 14.0. The van der Waals surface area contributed by atoms with Crippen LogP contribution in [0.2, 0.25) is 0 Å². The zero-order valence-electron chi connectivity index (χ0n) is 17.0. The Morgan fingerprint density at radius 2 is 1.27 bits per heavy atom. The smallest absolute Gasteiger partial charge is 0.480 e. The van der Waals surface area contributed by atoms with Crippen molar-refractivity contribution in [3.63, 3.8) is 0 Å². The molecule has 6 nitrogen and oxygen atoms in total. The number of hydrogen-bond acceptors (Lipinski definition) is 5. The van der Waals surface area contributed by atoms with Gasteiger partial charge < -0.3 is 8.86 Å². The summed E-state index contributed by atoms with van der Waals surface area (Å²) in [7, 11) is -11.1. The van der Waals surface area contributed by atoms with Crippen molar-refractivity contribution in [2.24, 2.45) is 0 Å². The zero-order valence-corrected chi connectivity index (χ0v) is 18.7. The molecule has 11 heteroatoms. The van der Waals surface area contributed by atoms with Crippen LogP contribution in [0.25, 0.3) is 4.13 Å². The fourth-order valence-electron chi connectivity index (χ4n) is 2.70. The van der Waals surface area contributed by atoms with E-state index >= 15 is 0 Å². The summed E-state index contributed by atoms with van der Waals surface area (Å²) < 4.78 is 89.9. The predicted octanol–water partition coefficient (Wildman–Crippen LogP) is 5.90. The number of alkyl halides is 3. The van der Waals surface area contributed by atoms with Gasteiger partial charge >= 0.3 is 5.51 Å². The highest BCUT2D eigenvalue weighted by Gasteiger charge is 2.40. The quantitative estimate of drug-likeness (QED) is 0.296. The molecular formula is C19H29F3NO5S2-. The minimum absolute atomic E-state index is 0.337. The van der Waals surface area contributed by atoms with Gasteiger partial charge in [0.15, 0.2) is 10.0 Å². The largest absolute Gasteiger partial charge is 0.494 e. The van der Waals surface area contributed by atoms with E-state index in [1.807, 2.05) is 4.13 Å². The van der Waals surface area contributed by atoms with Crippen LogP contribution >= 0.6 is 0 Å². The highest BCUT2D eigenvalue weighted by atomic mass is 32.3. The molecule has 0 fully saturated rings. The molecule has 30 heavy (non-hydrogen) atoms. The van der Waals surface area contributed by atoms with Crippen molar-refractivity contribution < 1.29 is 34.7 Å². The van der Waals surface area contributed by atoms with Gasteiger partial charge in [0.25, 0.3) is 0 Å². The Balaban J connectivity index is 2.33. The maximum Gasteiger partial charge on any atom is 0.480 e. The van der Waals surface area contributed by atoms with Crippen LogP contribution in [-0.4, -0.2) is 29.0 Å². The first-order valence-corrected chi connectivity index (χ1v) is 12.9. The van der Waals surface area contributed by atoms with Crippen LogP contribution in [0.15, 0.2) is 29.2 Å². The van der Waals surface area contributed by atoms with E-state index in [9.17, 15) is 30.0 Å². The third-order valence-corrected chi connectivity index (χ3v) is 7.40. The molecule has 0 saturated heterocycles. The van der Waals surface area contributed by atoms with Crippen molar-refractivity contribution in [1.82, 2.24) is 0 Å². The molecule has 0 radical (unpaired) electrons. The molecule has 0 unspecified atom stereocenters. The molecular weight excluding hydrogens is 443 g/mol. The van der Waals surface area contributed by atoms with Crippen LogP contribution in [-0.2, 0) is 20.0 Å². The molecule has 0 saturated carbocycles. The highest BCUT2D eigenvalue weighted by Crippen LogP contribution is 2.32. The first-order valence-electron chi connectivity index (χ1n) is 10.0. The number of unbranched alkanes of at least 4 members (excludes halogenated alkanes) is 9. The van der Waals surface area contributed by atoms with Crippen LogP contribution in [0.1, 0.15) is 71.1 Å².